The first-order valence-electron chi connectivity index (χ1n) is 12.0. The van der Waals surface area contributed by atoms with Crippen molar-refractivity contribution < 1.29 is 19.4 Å². The number of aliphatic hydroxyl groups is 1. The van der Waals surface area contributed by atoms with E-state index in [1.165, 1.54) is 4.90 Å². The van der Waals surface area contributed by atoms with E-state index < -0.39 is 17.7 Å². The molecule has 0 spiro atoms. The van der Waals surface area contributed by atoms with Crippen LogP contribution in [0.15, 0.2) is 103 Å². The van der Waals surface area contributed by atoms with Crippen LogP contribution in [0.25, 0.3) is 5.76 Å². The number of amides is 1. The van der Waals surface area contributed by atoms with Gasteiger partial charge in [-0.05, 0) is 72.5 Å². The second-order valence-corrected chi connectivity index (χ2v) is 9.05. The normalized spacial score (nSPS) is 16.7. The molecule has 1 aromatic heterocycles. The van der Waals surface area contributed by atoms with Gasteiger partial charge in [0.1, 0.15) is 18.1 Å². The molecule has 1 unspecified atom stereocenters. The lowest BCUT2D eigenvalue weighted by atomic mass is 9.95. The number of hydrogen-bond acceptors (Lipinski definition) is 5. The smallest absolute Gasteiger partial charge is 0.300 e. The molecule has 1 atom stereocenters. The monoisotopic (exact) mass is 490 g/mol. The molecule has 0 radical (unpaired) electrons. The Morgan fingerprint density at radius 1 is 0.946 bits per heavy atom. The fourth-order valence-corrected chi connectivity index (χ4v) is 4.58. The van der Waals surface area contributed by atoms with Crippen LogP contribution in [0, 0.1) is 13.8 Å². The number of carbonyl (C=O) groups is 2. The van der Waals surface area contributed by atoms with E-state index in [1.54, 1.807) is 48.8 Å². The predicted molar refractivity (Wildman–Crippen MR) is 142 cm³/mol. The number of anilines is 1. The quantitative estimate of drug-likeness (QED) is 0.207. The van der Waals surface area contributed by atoms with E-state index in [4.69, 9.17) is 4.74 Å². The molecule has 1 aliphatic heterocycles. The molecule has 184 valence electrons. The van der Waals surface area contributed by atoms with Gasteiger partial charge in [0.15, 0.2) is 0 Å². The summed E-state index contributed by atoms with van der Waals surface area (Å²) in [4.78, 5) is 32.2. The van der Waals surface area contributed by atoms with Crippen molar-refractivity contribution in [2.75, 3.05) is 4.90 Å². The van der Waals surface area contributed by atoms with Gasteiger partial charge < -0.3 is 9.84 Å². The predicted octanol–water partition coefficient (Wildman–Crippen LogP) is 5.90. The number of ether oxygens (including phenoxy) is 1. The van der Waals surface area contributed by atoms with Crippen molar-refractivity contribution in [1.82, 2.24) is 4.98 Å². The minimum Gasteiger partial charge on any atom is -0.507 e. The summed E-state index contributed by atoms with van der Waals surface area (Å²) in [5.74, 6) is -1.00. The molecule has 2 heterocycles. The summed E-state index contributed by atoms with van der Waals surface area (Å²) >= 11 is 0. The molecule has 3 aromatic carbocycles. The average molecular weight is 491 g/mol. The summed E-state index contributed by atoms with van der Waals surface area (Å²) < 4.78 is 5.96. The molecule has 0 aliphatic carbocycles. The Bertz CT molecular complexity index is 1500. The third kappa shape index (κ3) is 4.74. The minimum atomic E-state index is -0.815. The highest BCUT2D eigenvalue weighted by molar-refractivity contribution is 6.51. The number of rotatable bonds is 6. The molecule has 37 heavy (non-hydrogen) atoms. The second kappa shape index (κ2) is 10.1. The van der Waals surface area contributed by atoms with Gasteiger partial charge in [-0.3, -0.25) is 19.5 Å². The van der Waals surface area contributed by atoms with Crippen LogP contribution in [0.4, 0.5) is 5.69 Å². The van der Waals surface area contributed by atoms with Crippen molar-refractivity contribution in [2.45, 2.75) is 26.5 Å². The Labute approximate surface area is 215 Å². The first-order valence-corrected chi connectivity index (χ1v) is 12.0. The first kappa shape index (κ1) is 24.0. The maximum absolute atomic E-state index is 13.3. The largest absolute Gasteiger partial charge is 0.507 e. The number of carbonyl (C=O) groups excluding carboxylic acids is 2. The van der Waals surface area contributed by atoms with Crippen molar-refractivity contribution in [3.05, 3.63) is 131 Å². The third-order valence-corrected chi connectivity index (χ3v) is 6.41. The van der Waals surface area contributed by atoms with E-state index in [2.05, 4.69) is 4.98 Å². The molecule has 1 amide bonds. The number of benzene rings is 3. The maximum atomic E-state index is 13.3. The molecule has 4 aromatic rings. The molecule has 6 heteroatoms. The lowest BCUT2D eigenvalue weighted by Crippen LogP contribution is -2.29. The SMILES string of the molecule is Cc1cccc(N2C(=O)C(=O)/C(=C(\O)c3ccc(OCc4ccccc4)c(C)c3)C2c2cccnc2)c1. The van der Waals surface area contributed by atoms with Crippen LogP contribution in [-0.2, 0) is 16.2 Å². The summed E-state index contributed by atoms with van der Waals surface area (Å²) in [6.07, 6.45) is 3.23. The average Bonchev–Trinajstić information content (AvgIpc) is 3.18. The van der Waals surface area contributed by atoms with E-state index in [1.807, 2.05) is 62.4 Å². The van der Waals surface area contributed by atoms with Gasteiger partial charge in [0, 0.05) is 23.6 Å². The molecule has 1 N–H and O–H groups in total. The highest BCUT2D eigenvalue weighted by Crippen LogP contribution is 2.42. The fourth-order valence-electron chi connectivity index (χ4n) is 4.58. The van der Waals surface area contributed by atoms with Crippen molar-refractivity contribution in [2.24, 2.45) is 0 Å². The van der Waals surface area contributed by atoms with Gasteiger partial charge in [0.05, 0.1) is 11.6 Å². The van der Waals surface area contributed by atoms with Crippen LogP contribution in [0.1, 0.15) is 33.9 Å². The zero-order valence-electron chi connectivity index (χ0n) is 20.6. The number of ketones is 1. The number of Topliss-reactive ketones (excluding diaryl/α,β-unsaturated/α-hetero) is 1. The summed E-state index contributed by atoms with van der Waals surface area (Å²) in [5.41, 5.74) is 4.45. The summed E-state index contributed by atoms with van der Waals surface area (Å²) in [5, 5.41) is 11.4. The van der Waals surface area contributed by atoms with Gasteiger partial charge in [-0.25, -0.2) is 0 Å². The van der Waals surface area contributed by atoms with Crippen LogP contribution in [-0.4, -0.2) is 21.8 Å². The van der Waals surface area contributed by atoms with E-state index >= 15 is 0 Å². The summed E-state index contributed by atoms with van der Waals surface area (Å²) in [6.45, 7) is 4.21. The molecule has 0 bridgehead atoms. The van der Waals surface area contributed by atoms with Crippen LogP contribution in [0.2, 0.25) is 0 Å². The standard InChI is InChI=1S/C31H26N2O4/c1-20-8-6-12-25(16-20)33-28(24-11-7-15-32-18-24)27(30(35)31(33)36)29(34)23-13-14-26(21(2)17-23)37-19-22-9-4-3-5-10-22/h3-18,28,34H,19H2,1-2H3/b29-27-. The van der Waals surface area contributed by atoms with Gasteiger partial charge in [0.25, 0.3) is 11.7 Å². The molecule has 5 rings (SSSR count). The van der Waals surface area contributed by atoms with E-state index in [-0.39, 0.29) is 11.3 Å². The summed E-state index contributed by atoms with van der Waals surface area (Å²) in [7, 11) is 0. The number of aromatic nitrogens is 1. The van der Waals surface area contributed by atoms with Crippen LogP contribution in [0.3, 0.4) is 0 Å². The number of pyridine rings is 1. The Morgan fingerprint density at radius 2 is 1.76 bits per heavy atom. The number of aliphatic hydroxyl groups excluding tert-OH is 1. The fraction of sp³-hybridized carbons (Fsp3) is 0.129. The molecular weight excluding hydrogens is 464 g/mol. The topological polar surface area (TPSA) is 79.7 Å². The molecule has 1 aliphatic rings. The van der Waals surface area contributed by atoms with E-state index in [0.29, 0.717) is 29.2 Å². The van der Waals surface area contributed by atoms with Crippen molar-refractivity contribution in [3.8, 4) is 5.75 Å². The van der Waals surface area contributed by atoms with Gasteiger partial charge in [-0.1, -0.05) is 48.5 Å². The van der Waals surface area contributed by atoms with E-state index in [0.717, 1.165) is 16.7 Å². The lowest BCUT2D eigenvalue weighted by molar-refractivity contribution is -0.132. The Kier molecular flexibility index (Phi) is 6.56. The second-order valence-electron chi connectivity index (χ2n) is 9.05. The lowest BCUT2D eigenvalue weighted by Gasteiger charge is -2.25. The number of nitrogens with zero attached hydrogens (tertiary/aromatic N) is 2. The van der Waals surface area contributed by atoms with Crippen LogP contribution in [0.5, 0.6) is 5.75 Å². The zero-order valence-corrected chi connectivity index (χ0v) is 20.6. The number of hydrogen-bond donors (Lipinski definition) is 1. The van der Waals surface area contributed by atoms with Crippen molar-refractivity contribution in [3.63, 3.8) is 0 Å². The highest BCUT2D eigenvalue weighted by atomic mass is 16.5. The first-order chi connectivity index (χ1) is 17.9. The van der Waals surface area contributed by atoms with Crippen LogP contribution < -0.4 is 9.64 Å². The zero-order chi connectivity index (χ0) is 25.9. The van der Waals surface area contributed by atoms with Gasteiger partial charge in [-0.15, -0.1) is 0 Å². The third-order valence-electron chi connectivity index (χ3n) is 6.41. The van der Waals surface area contributed by atoms with E-state index in [9.17, 15) is 14.7 Å². The van der Waals surface area contributed by atoms with Crippen molar-refractivity contribution >= 4 is 23.1 Å². The van der Waals surface area contributed by atoms with Gasteiger partial charge >= 0.3 is 0 Å². The minimum absolute atomic E-state index is 0.0249. The molecule has 1 saturated heterocycles. The van der Waals surface area contributed by atoms with Gasteiger partial charge in [-0.2, -0.15) is 0 Å². The molecule has 1 fully saturated rings. The van der Waals surface area contributed by atoms with Crippen LogP contribution >= 0.6 is 0 Å². The number of aryl methyl sites for hydroxylation is 2. The molecular formula is C31H26N2O4. The molecule has 0 saturated carbocycles. The van der Waals surface area contributed by atoms with Crippen molar-refractivity contribution in [1.29, 1.82) is 0 Å². The summed E-state index contributed by atoms with van der Waals surface area (Å²) in [6, 6.07) is 25.2. The maximum Gasteiger partial charge on any atom is 0.300 e. The Balaban J connectivity index is 1.55. The Morgan fingerprint density at radius 3 is 2.46 bits per heavy atom. The highest BCUT2D eigenvalue weighted by Gasteiger charge is 2.47. The van der Waals surface area contributed by atoms with Gasteiger partial charge in [0.2, 0.25) is 0 Å². The molecule has 6 nitrogen and oxygen atoms in total. The Hall–Kier alpha value is -4.71.